The van der Waals surface area contributed by atoms with Gasteiger partial charge in [-0.1, -0.05) is 78.3 Å². The highest BCUT2D eigenvalue weighted by Crippen LogP contribution is 2.31. The van der Waals surface area contributed by atoms with Crippen molar-refractivity contribution in [3.05, 3.63) is 100 Å². The Morgan fingerprint density at radius 2 is 1.50 bits per heavy atom. The van der Waals surface area contributed by atoms with Gasteiger partial charge in [-0.3, -0.25) is 4.79 Å². The maximum atomic E-state index is 12.9. The molecule has 3 aromatic rings. The van der Waals surface area contributed by atoms with Crippen molar-refractivity contribution >= 4 is 29.2 Å². The topological polar surface area (TPSA) is 75.6 Å². The molecular weight excluding hydrogens is 402 g/mol. The monoisotopic (exact) mass is 423 g/mol. The van der Waals surface area contributed by atoms with Crippen molar-refractivity contribution in [2.75, 3.05) is 11.9 Å². The second-order valence-electron chi connectivity index (χ2n) is 7.01. The van der Waals surface area contributed by atoms with E-state index in [0.717, 1.165) is 11.1 Å². The van der Waals surface area contributed by atoms with Gasteiger partial charge in [-0.15, -0.1) is 0 Å². The minimum Gasteiger partial charge on any atom is -0.453 e. The predicted octanol–water partition coefficient (Wildman–Crippen LogP) is 4.37. The van der Waals surface area contributed by atoms with E-state index in [4.69, 9.17) is 16.3 Å². The summed E-state index contributed by atoms with van der Waals surface area (Å²) < 4.78 is 5.21. The first-order valence-electron chi connectivity index (χ1n) is 9.39. The largest absolute Gasteiger partial charge is 0.453 e. The number of ether oxygens (including phenoxy) is 1. The van der Waals surface area contributed by atoms with E-state index in [-0.39, 0.29) is 0 Å². The zero-order valence-corrected chi connectivity index (χ0v) is 17.4. The first kappa shape index (κ1) is 21.6. The second kappa shape index (κ2) is 9.11. The molecule has 0 aliphatic carbocycles. The molecule has 0 radical (unpaired) electrons. The molecule has 5 nitrogen and oxygen atoms in total. The molecule has 154 valence electrons. The van der Waals surface area contributed by atoms with Crippen molar-refractivity contribution in [3.63, 3.8) is 0 Å². The minimum absolute atomic E-state index is 0.346. The first-order valence-corrected chi connectivity index (χ1v) is 9.77. The minimum atomic E-state index is -2.04. The second-order valence-corrected chi connectivity index (χ2v) is 7.41. The van der Waals surface area contributed by atoms with E-state index in [1.807, 2.05) is 19.9 Å². The summed E-state index contributed by atoms with van der Waals surface area (Å²) in [5.41, 5.74) is 0.880. The van der Waals surface area contributed by atoms with E-state index in [1.165, 1.54) is 0 Å². The summed E-state index contributed by atoms with van der Waals surface area (Å²) in [6.07, 6.45) is 0. The van der Waals surface area contributed by atoms with Gasteiger partial charge in [0.1, 0.15) is 0 Å². The van der Waals surface area contributed by atoms with Crippen molar-refractivity contribution in [2.45, 2.75) is 19.4 Å². The lowest BCUT2D eigenvalue weighted by Gasteiger charge is -2.27. The Kier molecular flexibility index (Phi) is 6.55. The van der Waals surface area contributed by atoms with E-state index in [1.54, 1.807) is 66.7 Å². The highest BCUT2D eigenvalue weighted by Gasteiger charge is 2.41. The Hall–Kier alpha value is -3.15. The van der Waals surface area contributed by atoms with Gasteiger partial charge in [-0.05, 0) is 42.2 Å². The van der Waals surface area contributed by atoms with E-state index in [2.05, 4.69) is 5.32 Å². The standard InChI is InChI=1S/C24H22ClNO4/c1-16-13-17(2)22(20(25)14-16)26-21(27)15-30-23(28)24(29,18-9-5-3-6-10-18)19-11-7-4-8-12-19/h3-14,29H,15H2,1-2H3,(H,26,27). The summed E-state index contributed by atoms with van der Waals surface area (Å²) in [7, 11) is 0. The van der Waals surface area contributed by atoms with Gasteiger partial charge in [0.2, 0.25) is 5.60 Å². The van der Waals surface area contributed by atoms with Crippen molar-refractivity contribution < 1.29 is 19.4 Å². The number of rotatable bonds is 6. The fourth-order valence-electron chi connectivity index (χ4n) is 3.25. The van der Waals surface area contributed by atoms with Gasteiger partial charge < -0.3 is 15.2 Å². The molecular formula is C24H22ClNO4. The van der Waals surface area contributed by atoms with Gasteiger partial charge in [0.25, 0.3) is 5.91 Å². The normalized spacial score (nSPS) is 11.1. The molecule has 3 aromatic carbocycles. The van der Waals surface area contributed by atoms with Gasteiger partial charge in [0.15, 0.2) is 6.61 Å². The van der Waals surface area contributed by atoms with E-state index >= 15 is 0 Å². The summed E-state index contributed by atoms with van der Waals surface area (Å²) in [6, 6.07) is 20.5. The molecule has 0 aromatic heterocycles. The average Bonchev–Trinajstić information content (AvgIpc) is 2.75. The van der Waals surface area contributed by atoms with E-state index < -0.39 is 24.1 Å². The van der Waals surface area contributed by atoms with Crippen LogP contribution < -0.4 is 5.32 Å². The van der Waals surface area contributed by atoms with Crippen LogP contribution in [0.1, 0.15) is 22.3 Å². The molecule has 0 heterocycles. The molecule has 0 bridgehead atoms. The highest BCUT2D eigenvalue weighted by molar-refractivity contribution is 6.34. The summed E-state index contributed by atoms with van der Waals surface area (Å²) >= 11 is 6.21. The molecule has 2 N–H and O–H groups in total. The number of anilines is 1. The Morgan fingerprint density at radius 3 is 2.00 bits per heavy atom. The zero-order valence-electron chi connectivity index (χ0n) is 16.7. The van der Waals surface area contributed by atoms with E-state index in [0.29, 0.717) is 21.8 Å². The Balaban J connectivity index is 1.78. The van der Waals surface area contributed by atoms with E-state index in [9.17, 15) is 14.7 Å². The van der Waals surface area contributed by atoms with Gasteiger partial charge in [-0.25, -0.2) is 4.79 Å². The third-order valence-corrected chi connectivity index (χ3v) is 5.01. The number of carbonyl (C=O) groups excluding carboxylic acids is 2. The molecule has 0 saturated heterocycles. The lowest BCUT2D eigenvalue weighted by Crippen LogP contribution is -2.39. The maximum Gasteiger partial charge on any atom is 0.348 e. The third kappa shape index (κ3) is 4.53. The van der Waals surface area contributed by atoms with Crippen LogP contribution >= 0.6 is 11.6 Å². The van der Waals surface area contributed by atoms with Crippen molar-refractivity contribution in [1.82, 2.24) is 0 Å². The molecule has 0 saturated carbocycles. The van der Waals surface area contributed by atoms with Crippen LogP contribution in [0.25, 0.3) is 0 Å². The fraction of sp³-hybridized carbons (Fsp3) is 0.167. The summed E-state index contributed by atoms with van der Waals surface area (Å²) in [5.74, 6) is -1.50. The van der Waals surface area contributed by atoms with Crippen molar-refractivity contribution in [2.24, 2.45) is 0 Å². The maximum absolute atomic E-state index is 12.9. The number of carbonyl (C=O) groups is 2. The first-order chi connectivity index (χ1) is 14.3. The van der Waals surface area contributed by atoms with Crippen LogP contribution in [-0.2, 0) is 19.9 Å². The van der Waals surface area contributed by atoms with Gasteiger partial charge in [-0.2, -0.15) is 0 Å². The smallest absolute Gasteiger partial charge is 0.348 e. The fourth-order valence-corrected chi connectivity index (χ4v) is 3.61. The number of amides is 1. The highest BCUT2D eigenvalue weighted by atomic mass is 35.5. The molecule has 0 aliphatic heterocycles. The third-order valence-electron chi connectivity index (χ3n) is 4.71. The molecule has 0 aliphatic rings. The quantitative estimate of drug-likeness (QED) is 0.577. The molecule has 6 heteroatoms. The van der Waals surface area contributed by atoms with Crippen LogP contribution in [0.15, 0.2) is 72.8 Å². The molecule has 0 fully saturated rings. The molecule has 0 atom stereocenters. The SMILES string of the molecule is Cc1cc(C)c(NC(=O)COC(=O)C(O)(c2ccccc2)c2ccccc2)c(Cl)c1. The molecule has 0 spiro atoms. The van der Waals surface area contributed by atoms with Gasteiger partial charge in [0, 0.05) is 0 Å². The number of hydrogen-bond donors (Lipinski definition) is 2. The molecule has 3 rings (SSSR count). The number of halogens is 1. The average molecular weight is 424 g/mol. The number of esters is 1. The van der Waals surface area contributed by atoms with Crippen molar-refractivity contribution in [3.8, 4) is 0 Å². The van der Waals surface area contributed by atoms with Crippen LogP contribution in [-0.4, -0.2) is 23.6 Å². The predicted molar refractivity (Wildman–Crippen MR) is 116 cm³/mol. The van der Waals surface area contributed by atoms with Crippen molar-refractivity contribution in [1.29, 1.82) is 0 Å². The number of aryl methyl sites for hydroxylation is 2. The zero-order chi connectivity index (χ0) is 21.7. The number of nitrogens with one attached hydrogen (secondary N) is 1. The number of benzene rings is 3. The number of aliphatic hydroxyl groups is 1. The molecule has 0 unspecified atom stereocenters. The lowest BCUT2D eigenvalue weighted by atomic mass is 9.86. The van der Waals surface area contributed by atoms with Gasteiger partial charge in [0.05, 0.1) is 10.7 Å². The van der Waals surface area contributed by atoms with Crippen LogP contribution in [0.4, 0.5) is 5.69 Å². The Labute approximate surface area is 180 Å². The Bertz CT molecular complexity index is 989. The van der Waals surface area contributed by atoms with Crippen LogP contribution in [0.5, 0.6) is 0 Å². The molecule has 1 amide bonds. The summed E-state index contributed by atoms with van der Waals surface area (Å²) in [6.45, 7) is 3.16. The van der Waals surface area contributed by atoms with Crippen LogP contribution in [0.3, 0.4) is 0 Å². The number of hydrogen-bond acceptors (Lipinski definition) is 4. The van der Waals surface area contributed by atoms with Crippen LogP contribution in [0.2, 0.25) is 5.02 Å². The summed E-state index contributed by atoms with van der Waals surface area (Å²) in [4.78, 5) is 25.3. The van der Waals surface area contributed by atoms with Crippen LogP contribution in [0, 0.1) is 13.8 Å². The molecule has 30 heavy (non-hydrogen) atoms. The lowest BCUT2D eigenvalue weighted by molar-refractivity contribution is -0.163. The Morgan fingerprint density at radius 1 is 0.967 bits per heavy atom. The van der Waals surface area contributed by atoms with Gasteiger partial charge >= 0.3 is 5.97 Å². The summed E-state index contributed by atoms with van der Waals surface area (Å²) in [5, 5.41) is 14.4.